The topological polar surface area (TPSA) is 21.3 Å². The van der Waals surface area contributed by atoms with Crippen molar-refractivity contribution in [3.8, 4) is 0 Å². The Bertz CT molecular complexity index is 308. The van der Waals surface area contributed by atoms with Crippen LogP contribution < -0.4 is 5.32 Å². The fourth-order valence-electron chi connectivity index (χ4n) is 6.39. The third-order valence-corrected chi connectivity index (χ3v) is 6.96. The molecule has 0 radical (unpaired) electrons. The second-order valence-corrected chi connectivity index (χ2v) is 8.12. The van der Waals surface area contributed by atoms with Crippen molar-refractivity contribution >= 4 is 0 Å². The Kier molecular flexibility index (Phi) is 3.80. The number of rotatable bonds is 5. The summed E-state index contributed by atoms with van der Waals surface area (Å²) in [5, 5.41) is 3.70. The molecule has 114 valence electrons. The van der Waals surface area contributed by atoms with Crippen molar-refractivity contribution in [1.82, 2.24) is 5.32 Å². The normalized spacial score (nSPS) is 47.9. The first-order chi connectivity index (χ1) is 9.83. The molecule has 1 aliphatic heterocycles. The quantitative estimate of drug-likeness (QED) is 0.829. The largest absolute Gasteiger partial charge is 0.378 e. The summed E-state index contributed by atoms with van der Waals surface area (Å²) in [4.78, 5) is 0. The van der Waals surface area contributed by atoms with E-state index in [1.165, 1.54) is 25.7 Å². The maximum Gasteiger partial charge on any atom is 0.0576 e. The summed E-state index contributed by atoms with van der Waals surface area (Å²) in [6.45, 7) is 1.01. The Morgan fingerprint density at radius 3 is 2.30 bits per heavy atom. The Balaban J connectivity index is 1.39. The molecule has 4 saturated carbocycles. The fraction of sp³-hybridized carbons (Fsp3) is 1.00. The molecule has 2 nitrogen and oxygen atoms in total. The van der Waals surface area contributed by atoms with E-state index in [1.54, 1.807) is 32.1 Å². The van der Waals surface area contributed by atoms with E-state index in [2.05, 4.69) is 12.4 Å². The third-order valence-electron chi connectivity index (χ3n) is 6.96. The monoisotopic (exact) mass is 277 g/mol. The fourth-order valence-corrected chi connectivity index (χ4v) is 6.39. The Morgan fingerprint density at radius 1 is 1.05 bits per heavy atom. The van der Waals surface area contributed by atoms with E-state index in [1.807, 2.05) is 0 Å². The number of ether oxygens (including phenoxy) is 1. The molecule has 0 spiro atoms. The van der Waals surface area contributed by atoms with E-state index in [4.69, 9.17) is 4.74 Å². The van der Waals surface area contributed by atoms with Crippen LogP contribution in [0.15, 0.2) is 0 Å². The molecule has 1 N–H and O–H groups in total. The molecular formula is C18H31NO. The average Bonchev–Trinajstić information content (AvgIpc) is 2.94. The molecule has 0 aromatic heterocycles. The van der Waals surface area contributed by atoms with Crippen molar-refractivity contribution < 1.29 is 4.74 Å². The van der Waals surface area contributed by atoms with Crippen molar-refractivity contribution in [1.29, 1.82) is 0 Å². The summed E-state index contributed by atoms with van der Waals surface area (Å²) >= 11 is 0. The summed E-state index contributed by atoms with van der Waals surface area (Å²) in [6.07, 6.45) is 13.6. The van der Waals surface area contributed by atoms with Crippen LogP contribution in [0.4, 0.5) is 0 Å². The number of hydrogen-bond acceptors (Lipinski definition) is 2. The van der Waals surface area contributed by atoms with Crippen molar-refractivity contribution in [3.05, 3.63) is 0 Å². The lowest BCUT2D eigenvalue weighted by atomic mass is 9.50. The Labute approximate surface area is 124 Å². The van der Waals surface area contributed by atoms with Gasteiger partial charge in [-0.25, -0.2) is 0 Å². The van der Waals surface area contributed by atoms with Crippen molar-refractivity contribution in [2.45, 2.75) is 69.9 Å². The SMILES string of the molecule is CNC(CCC1CCCO1)C1C2CC3CC(C2)CC1C3. The Hall–Kier alpha value is -0.0800. The highest BCUT2D eigenvalue weighted by molar-refractivity contribution is 5.01. The van der Waals surface area contributed by atoms with Gasteiger partial charge in [0, 0.05) is 12.6 Å². The van der Waals surface area contributed by atoms with Gasteiger partial charge >= 0.3 is 0 Å². The molecule has 0 amide bonds. The van der Waals surface area contributed by atoms with Gasteiger partial charge in [0.05, 0.1) is 6.10 Å². The molecule has 0 aromatic rings. The van der Waals surface area contributed by atoms with Crippen LogP contribution in [-0.4, -0.2) is 25.8 Å². The molecule has 5 aliphatic rings. The minimum atomic E-state index is 0.572. The van der Waals surface area contributed by atoms with Gasteiger partial charge < -0.3 is 10.1 Å². The molecule has 2 atom stereocenters. The number of hydrogen-bond donors (Lipinski definition) is 1. The van der Waals surface area contributed by atoms with Gasteiger partial charge in [0.1, 0.15) is 0 Å². The summed E-state index contributed by atoms with van der Waals surface area (Å²) < 4.78 is 5.83. The Morgan fingerprint density at radius 2 is 1.75 bits per heavy atom. The summed E-state index contributed by atoms with van der Waals surface area (Å²) in [6, 6.07) is 0.759. The van der Waals surface area contributed by atoms with E-state index >= 15 is 0 Å². The highest BCUT2D eigenvalue weighted by Gasteiger charge is 2.50. The predicted octanol–water partition coefficient (Wildman–Crippen LogP) is 3.61. The van der Waals surface area contributed by atoms with E-state index in [0.29, 0.717) is 6.10 Å². The van der Waals surface area contributed by atoms with Gasteiger partial charge in [-0.1, -0.05) is 0 Å². The summed E-state index contributed by atoms with van der Waals surface area (Å²) in [7, 11) is 2.20. The van der Waals surface area contributed by atoms with Crippen molar-refractivity contribution in [3.63, 3.8) is 0 Å². The molecule has 1 heterocycles. The minimum absolute atomic E-state index is 0.572. The van der Waals surface area contributed by atoms with Gasteiger partial charge in [-0.15, -0.1) is 0 Å². The van der Waals surface area contributed by atoms with Crippen LogP contribution in [0.1, 0.15) is 57.8 Å². The van der Waals surface area contributed by atoms with Crippen LogP contribution in [0.25, 0.3) is 0 Å². The van der Waals surface area contributed by atoms with Crippen LogP contribution in [0.3, 0.4) is 0 Å². The molecule has 0 aromatic carbocycles. The molecular weight excluding hydrogens is 246 g/mol. The van der Waals surface area contributed by atoms with Crippen LogP contribution >= 0.6 is 0 Å². The second kappa shape index (κ2) is 5.61. The molecule has 1 saturated heterocycles. The van der Waals surface area contributed by atoms with Gasteiger partial charge in [0.2, 0.25) is 0 Å². The van der Waals surface area contributed by atoms with Crippen LogP contribution in [0.5, 0.6) is 0 Å². The maximum absolute atomic E-state index is 5.83. The standard InChI is InChI=1S/C18H31NO/c1-19-17(5-4-16-3-2-6-20-16)18-14-8-12-7-13(10-14)11-15(18)9-12/h12-19H,2-11H2,1H3. The lowest BCUT2D eigenvalue weighted by molar-refractivity contribution is -0.0536. The lowest BCUT2D eigenvalue weighted by Crippen LogP contribution is -2.52. The van der Waals surface area contributed by atoms with E-state index in [0.717, 1.165) is 42.2 Å². The molecule has 4 aliphatic carbocycles. The first-order valence-corrected chi connectivity index (χ1v) is 9.12. The summed E-state index contributed by atoms with van der Waals surface area (Å²) in [5.74, 6) is 5.28. The van der Waals surface area contributed by atoms with Gasteiger partial charge in [-0.3, -0.25) is 0 Å². The zero-order valence-corrected chi connectivity index (χ0v) is 13.0. The van der Waals surface area contributed by atoms with Crippen molar-refractivity contribution in [2.75, 3.05) is 13.7 Å². The third kappa shape index (κ3) is 2.43. The summed E-state index contributed by atoms with van der Waals surface area (Å²) in [5.41, 5.74) is 0. The van der Waals surface area contributed by atoms with Gasteiger partial charge in [-0.05, 0) is 94.4 Å². The minimum Gasteiger partial charge on any atom is -0.378 e. The number of nitrogens with one attached hydrogen (secondary N) is 1. The predicted molar refractivity (Wildman–Crippen MR) is 81.6 cm³/mol. The lowest BCUT2D eigenvalue weighted by Gasteiger charge is -2.56. The van der Waals surface area contributed by atoms with Crippen LogP contribution in [0.2, 0.25) is 0 Å². The molecule has 5 fully saturated rings. The van der Waals surface area contributed by atoms with Gasteiger partial charge in [0.15, 0.2) is 0 Å². The van der Waals surface area contributed by atoms with Gasteiger partial charge in [0.25, 0.3) is 0 Å². The highest BCUT2D eigenvalue weighted by atomic mass is 16.5. The first kappa shape index (κ1) is 13.6. The smallest absolute Gasteiger partial charge is 0.0576 e. The molecule has 2 unspecified atom stereocenters. The van der Waals surface area contributed by atoms with Crippen molar-refractivity contribution in [2.24, 2.45) is 29.6 Å². The van der Waals surface area contributed by atoms with Gasteiger partial charge in [-0.2, -0.15) is 0 Å². The van der Waals surface area contributed by atoms with Crippen LogP contribution in [0, 0.1) is 29.6 Å². The zero-order chi connectivity index (χ0) is 13.5. The van der Waals surface area contributed by atoms with E-state index in [-0.39, 0.29) is 0 Å². The zero-order valence-electron chi connectivity index (χ0n) is 13.0. The molecule has 20 heavy (non-hydrogen) atoms. The van der Waals surface area contributed by atoms with E-state index < -0.39 is 0 Å². The highest BCUT2D eigenvalue weighted by Crippen LogP contribution is 2.57. The average molecular weight is 277 g/mol. The van der Waals surface area contributed by atoms with Crippen LogP contribution in [-0.2, 0) is 4.74 Å². The van der Waals surface area contributed by atoms with E-state index in [9.17, 15) is 0 Å². The molecule has 5 rings (SSSR count). The molecule has 2 heteroatoms. The maximum atomic E-state index is 5.83. The molecule has 4 bridgehead atoms. The first-order valence-electron chi connectivity index (χ1n) is 9.12. The second-order valence-electron chi connectivity index (χ2n) is 8.12.